The zero-order valence-electron chi connectivity index (χ0n) is 10.4. The van der Waals surface area contributed by atoms with Gasteiger partial charge in [0.2, 0.25) is 0 Å². The van der Waals surface area contributed by atoms with Crippen molar-refractivity contribution in [3.05, 3.63) is 18.0 Å². The number of rotatable bonds is 2. The van der Waals surface area contributed by atoms with Crippen LogP contribution in [-0.4, -0.2) is 28.9 Å². The van der Waals surface area contributed by atoms with Gasteiger partial charge in [0.1, 0.15) is 5.69 Å². The zero-order chi connectivity index (χ0) is 12.3. The first-order valence-electron chi connectivity index (χ1n) is 6.44. The third-order valence-corrected chi connectivity index (χ3v) is 3.65. The number of hydrogen-bond acceptors (Lipinski definition) is 2. The molecule has 0 bridgehead atoms. The van der Waals surface area contributed by atoms with Gasteiger partial charge in [-0.05, 0) is 31.2 Å². The first-order chi connectivity index (χ1) is 8.20. The Labute approximate surface area is 102 Å². The number of anilines is 1. The summed E-state index contributed by atoms with van der Waals surface area (Å²) in [5.41, 5.74) is 6.85. The highest BCUT2D eigenvalue weighted by molar-refractivity contribution is 5.93. The number of nitrogen functional groups attached to an aromatic ring is 1. The fraction of sp³-hybridized carbons (Fsp3) is 0.615. The van der Waals surface area contributed by atoms with E-state index in [1.165, 1.54) is 12.8 Å². The standard InChI is InChI=1S/C13H21N3O/c1-2-10-4-3-6-16(7-5-10)13(17)12-8-11(14)9-15-12/h8-10,15H,2-7,14H2,1H3. The summed E-state index contributed by atoms with van der Waals surface area (Å²) in [7, 11) is 0. The molecule has 94 valence electrons. The van der Waals surface area contributed by atoms with Crippen LogP contribution in [0.5, 0.6) is 0 Å². The molecule has 0 aliphatic carbocycles. The number of aromatic amines is 1. The van der Waals surface area contributed by atoms with Gasteiger partial charge in [0.15, 0.2) is 0 Å². The second-order valence-electron chi connectivity index (χ2n) is 4.84. The summed E-state index contributed by atoms with van der Waals surface area (Å²) < 4.78 is 0. The molecule has 0 spiro atoms. The lowest BCUT2D eigenvalue weighted by atomic mass is 9.98. The summed E-state index contributed by atoms with van der Waals surface area (Å²) in [5.74, 6) is 0.861. The van der Waals surface area contributed by atoms with E-state index in [-0.39, 0.29) is 5.91 Å². The van der Waals surface area contributed by atoms with Crippen molar-refractivity contribution >= 4 is 11.6 Å². The summed E-state index contributed by atoms with van der Waals surface area (Å²) in [4.78, 5) is 17.1. The zero-order valence-corrected chi connectivity index (χ0v) is 10.4. The van der Waals surface area contributed by atoms with Gasteiger partial charge in [-0.25, -0.2) is 0 Å². The monoisotopic (exact) mass is 235 g/mol. The predicted molar refractivity (Wildman–Crippen MR) is 68.7 cm³/mol. The van der Waals surface area contributed by atoms with Crippen molar-refractivity contribution in [2.75, 3.05) is 18.8 Å². The summed E-state index contributed by atoms with van der Waals surface area (Å²) >= 11 is 0. The van der Waals surface area contributed by atoms with Crippen LogP contribution in [0.2, 0.25) is 0 Å². The van der Waals surface area contributed by atoms with E-state index in [2.05, 4.69) is 11.9 Å². The molecule has 0 saturated carbocycles. The molecule has 4 nitrogen and oxygen atoms in total. The summed E-state index contributed by atoms with van der Waals surface area (Å²) in [6.45, 7) is 3.97. The maximum atomic E-state index is 12.2. The van der Waals surface area contributed by atoms with Crippen LogP contribution in [0.4, 0.5) is 5.69 Å². The van der Waals surface area contributed by atoms with E-state index in [4.69, 9.17) is 5.73 Å². The minimum atomic E-state index is 0.0819. The fourth-order valence-corrected chi connectivity index (χ4v) is 2.48. The van der Waals surface area contributed by atoms with Crippen molar-refractivity contribution in [3.8, 4) is 0 Å². The number of likely N-dealkylation sites (tertiary alicyclic amines) is 1. The molecule has 17 heavy (non-hydrogen) atoms. The first kappa shape index (κ1) is 12.0. The largest absolute Gasteiger partial charge is 0.397 e. The predicted octanol–water partition coefficient (Wildman–Crippen LogP) is 2.25. The molecule has 4 heteroatoms. The SMILES string of the molecule is CCC1CCCN(C(=O)c2cc(N)c[nH]2)CC1. The molecule has 0 radical (unpaired) electrons. The maximum Gasteiger partial charge on any atom is 0.270 e. The van der Waals surface area contributed by atoms with Crippen LogP contribution >= 0.6 is 0 Å². The van der Waals surface area contributed by atoms with Crippen molar-refractivity contribution in [2.24, 2.45) is 5.92 Å². The van der Waals surface area contributed by atoms with Gasteiger partial charge in [-0.1, -0.05) is 13.3 Å². The van der Waals surface area contributed by atoms with Crippen LogP contribution in [0.25, 0.3) is 0 Å². The topological polar surface area (TPSA) is 62.1 Å². The molecule has 3 N–H and O–H groups in total. The van der Waals surface area contributed by atoms with E-state index in [1.54, 1.807) is 12.3 Å². The molecule has 2 rings (SSSR count). The van der Waals surface area contributed by atoms with Crippen LogP contribution in [-0.2, 0) is 0 Å². The van der Waals surface area contributed by atoms with Gasteiger partial charge in [-0.15, -0.1) is 0 Å². The van der Waals surface area contributed by atoms with E-state index >= 15 is 0 Å². The van der Waals surface area contributed by atoms with Gasteiger partial charge in [0, 0.05) is 25.0 Å². The number of H-pyrrole nitrogens is 1. The molecule has 1 aromatic heterocycles. The molecule has 1 aliphatic rings. The number of carbonyl (C=O) groups is 1. The highest BCUT2D eigenvalue weighted by Crippen LogP contribution is 2.21. The average Bonchev–Trinajstić information content (AvgIpc) is 2.64. The number of amides is 1. The Bertz CT molecular complexity index is 386. The van der Waals surface area contributed by atoms with Crippen LogP contribution in [0.1, 0.15) is 43.1 Å². The lowest BCUT2D eigenvalue weighted by Gasteiger charge is -2.19. The van der Waals surface area contributed by atoms with E-state index in [0.29, 0.717) is 11.4 Å². The van der Waals surface area contributed by atoms with Crippen LogP contribution in [0.15, 0.2) is 12.3 Å². The summed E-state index contributed by atoms with van der Waals surface area (Å²) in [6.07, 6.45) is 6.36. The van der Waals surface area contributed by atoms with Crippen molar-refractivity contribution in [2.45, 2.75) is 32.6 Å². The van der Waals surface area contributed by atoms with Crippen molar-refractivity contribution < 1.29 is 4.79 Å². The van der Waals surface area contributed by atoms with Gasteiger partial charge >= 0.3 is 0 Å². The van der Waals surface area contributed by atoms with E-state index < -0.39 is 0 Å². The van der Waals surface area contributed by atoms with Gasteiger partial charge < -0.3 is 15.6 Å². The molecule has 1 unspecified atom stereocenters. The van der Waals surface area contributed by atoms with Gasteiger partial charge in [-0.3, -0.25) is 4.79 Å². The third kappa shape index (κ3) is 2.81. The van der Waals surface area contributed by atoms with Gasteiger partial charge in [0.25, 0.3) is 5.91 Å². The fourth-order valence-electron chi connectivity index (χ4n) is 2.48. The second kappa shape index (κ2) is 5.25. The normalized spacial score (nSPS) is 21.2. The third-order valence-electron chi connectivity index (χ3n) is 3.65. The summed E-state index contributed by atoms with van der Waals surface area (Å²) in [6, 6.07) is 1.71. The number of nitrogens with two attached hydrogens (primary N) is 1. The highest BCUT2D eigenvalue weighted by Gasteiger charge is 2.21. The molecule has 1 atom stereocenters. The Morgan fingerprint density at radius 1 is 1.53 bits per heavy atom. The Hall–Kier alpha value is -1.45. The minimum Gasteiger partial charge on any atom is -0.397 e. The number of nitrogens with zero attached hydrogens (tertiary/aromatic N) is 1. The van der Waals surface area contributed by atoms with Gasteiger partial charge in [0.05, 0.1) is 0 Å². The number of aromatic nitrogens is 1. The minimum absolute atomic E-state index is 0.0819. The van der Waals surface area contributed by atoms with Crippen molar-refractivity contribution in [3.63, 3.8) is 0 Å². The van der Waals surface area contributed by atoms with Crippen molar-refractivity contribution in [1.29, 1.82) is 0 Å². The van der Waals surface area contributed by atoms with Crippen LogP contribution in [0, 0.1) is 5.92 Å². The number of carbonyl (C=O) groups excluding carboxylic acids is 1. The highest BCUT2D eigenvalue weighted by atomic mass is 16.2. The summed E-state index contributed by atoms with van der Waals surface area (Å²) in [5, 5.41) is 0. The average molecular weight is 235 g/mol. The van der Waals surface area contributed by atoms with E-state index in [1.807, 2.05) is 4.90 Å². The lowest BCUT2D eigenvalue weighted by molar-refractivity contribution is 0.0755. The first-order valence-corrected chi connectivity index (χ1v) is 6.44. The maximum absolute atomic E-state index is 12.2. The molecular formula is C13H21N3O. The molecule has 2 heterocycles. The van der Waals surface area contributed by atoms with Crippen LogP contribution in [0.3, 0.4) is 0 Å². The van der Waals surface area contributed by atoms with Crippen LogP contribution < -0.4 is 5.73 Å². The van der Waals surface area contributed by atoms with E-state index in [9.17, 15) is 4.79 Å². The molecular weight excluding hydrogens is 214 g/mol. The lowest BCUT2D eigenvalue weighted by Crippen LogP contribution is -2.32. The van der Waals surface area contributed by atoms with Gasteiger partial charge in [-0.2, -0.15) is 0 Å². The molecule has 1 amide bonds. The smallest absolute Gasteiger partial charge is 0.270 e. The molecule has 1 saturated heterocycles. The molecule has 1 aromatic rings. The number of nitrogens with one attached hydrogen (secondary N) is 1. The Morgan fingerprint density at radius 2 is 2.35 bits per heavy atom. The molecule has 1 fully saturated rings. The Balaban J connectivity index is 2.00. The second-order valence-corrected chi connectivity index (χ2v) is 4.84. The Morgan fingerprint density at radius 3 is 3.00 bits per heavy atom. The number of hydrogen-bond donors (Lipinski definition) is 2. The Kier molecular flexibility index (Phi) is 3.71. The van der Waals surface area contributed by atoms with E-state index in [0.717, 1.165) is 31.8 Å². The van der Waals surface area contributed by atoms with Crippen molar-refractivity contribution in [1.82, 2.24) is 9.88 Å². The molecule has 0 aromatic carbocycles. The molecule has 1 aliphatic heterocycles. The quantitative estimate of drug-likeness (QED) is 0.825.